The highest BCUT2D eigenvalue weighted by Crippen LogP contribution is 2.28. The van der Waals surface area contributed by atoms with Crippen molar-refractivity contribution >= 4 is 11.6 Å². The molecular formula is C17H21ClN2O. The van der Waals surface area contributed by atoms with E-state index < -0.39 is 0 Å². The van der Waals surface area contributed by atoms with Crippen LogP contribution in [0, 0.1) is 0 Å². The highest BCUT2D eigenvalue weighted by molar-refractivity contribution is 6.32. The van der Waals surface area contributed by atoms with Gasteiger partial charge in [0.1, 0.15) is 11.5 Å². The molecule has 0 saturated carbocycles. The molecule has 1 unspecified atom stereocenters. The Morgan fingerprint density at radius 3 is 2.62 bits per heavy atom. The van der Waals surface area contributed by atoms with Gasteiger partial charge in [-0.15, -0.1) is 0 Å². The third-order valence-electron chi connectivity index (χ3n) is 3.23. The first kappa shape index (κ1) is 15.8. The van der Waals surface area contributed by atoms with Crippen molar-refractivity contribution in [3.63, 3.8) is 0 Å². The van der Waals surface area contributed by atoms with Gasteiger partial charge >= 0.3 is 0 Å². The largest absolute Gasteiger partial charge is 0.454 e. The van der Waals surface area contributed by atoms with Crippen molar-refractivity contribution < 1.29 is 4.74 Å². The van der Waals surface area contributed by atoms with Crippen LogP contribution < -0.4 is 10.1 Å². The zero-order chi connectivity index (χ0) is 15.1. The number of hydrogen-bond donors (Lipinski definition) is 1. The van der Waals surface area contributed by atoms with Crippen molar-refractivity contribution in [3.05, 3.63) is 53.3 Å². The lowest BCUT2D eigenvalue weighted by Gasteiger charge is -2.16. The van der Waals surface area contributed by atoms with Crippen molar-refractivity contribution in [2.45, 2.75) is 32.7 Å². The zero-order valence-corrected chi connectivity index (χ0v) is 13.2. The molecule has 4 heteroatoms. The number of pyridine rings is 1. The van der Waals surface area contributed by atoms with Gasteiger partial charge in [0, 0.05) is 6.04 Å². The van der Waals surface area contributed by atoms with Gasteiger partial charge in [-0.1, -0.05) is 37.6 Å². The summed E-state index contributed by atoms with van der Waals surface area (Å²) in [5.74, 6) is 1.34. The van der Waals surface area contributed by atoms with Gasteiger partial charge in [-0.2, -0.15) is 0 Å². The molecule has 0 aliphatic carbocycles. The average molecular weight is 305 g/mol. The number of para-hydroxylation sites is 1. The monoisotopic (exact) mass is 304 g/mol. The molecule has 1 heterocycles. The topological polar surface area (TPSA) is 34.1 Å². The van der Waals surface area contributed by atoms with E-state index in [1.807, 2.05) is 30.3 Å². The number of ether oxygens (including phenoxy) is 1. The molecule has 1 atom stereocenters. The fourth-order valence-corrected chi connectivity index (χ4v) is 2.26. The molecule has 1 aromatic heterocycles. The summed E-state index contributed by atoms with van der Waals surface area (Å²) >= 11 is 6.08. The van der Waals surface area contributed by atoms with Crippen LogP contribution in [0.4, 0.5) is 0 Å². The van der Waals surface area contributed by atoms with Crippen molar-refractivity contribution in [3.8, 4) is 11.5 Å². The van der Waals surface area contributed by atoms with Crippen LogP contribution in [0.15, 0.2) is 42.6 Å². The molecule has 0 aliphatic rings. The molecule has 1 aromatic carbocycles. The van der Waals surface area contributed by atoms with E-state index in [-0.39, 0.29) is 0 Å². The van der Waals surface area contributed by atoms with Crippen molar-refractivity contribution in [2.24, 2.45) is 0 Å². The third-order valence-corrected chi connectivity index (χ3v) is 3.54. The van der Waals surface area contributed by atoms with Crippen molar-refractivity contribution in [2.75, 3.05) is 6.54 Å². The Morgan fingerprint density at radius 2 is 2.00 bits per heavy atom. The number of nitrogens with one attached hydrogen (secondary N) is 1. The molecule has 0 fully saturated rings. The van der Waals surface area contributed by atoms with E-state index in [9.17, 15) is 0 Å². The lowest BCUT2D eigenvalue weighted by atomic mass is 10.1. The number of halogens is 1. The molecular weight excluding hydrogens is 284 g/mol. The molecule has 0 spiro atoms. The molecule has 112 valence electrons. The van der Waals surface area contributed by atoms with Gasteiger partial charge in [-0.25, -0.2) is 0 Å². The summed E-state index contributed by atoms with van der Waals surface area (Å²) in [5.41, 5.74) is 1.04. The minimum atomic E-state index is 0.291. The highest BCUT2D eigenvalue weighted by atomic mass is 35.5. The molecule has 0 amide bonds. The van der Waals surface area contributed by atoms with Crippen LogP contribution in [0.1, 0.15) is 38.4 Å². The molecule has 0 saturated heterocycles. The lowest BCUT2D eigenvalue weighted by Crippen LogP contribution is -2.22. The summed E-state index contributed by atoms with van der Waals surface area (Å²) in [6.07, 6.45) is 3.87. The van der Waals surface area contributed by atoms with Crippen LogP contribution in [0.3, 0.4) is 0 Å². The maximum Gasteiger partial charge on any atom is 0.146 e. The minimum absolute atomic E-state index is 0.291. The molecule has 2 aromatic rings. The van der Waals surface area contributed by atoms with E-state index in [1.165, 1.54) is 0 Å². The summed E-state index contributed by atoms with van der Waals surface area (Å²) in [5, 5.41) is 4.08. The van der Waals surface area contributed by atoms with Crippen LogP contribution >= 0.6 is 11.6 Å². The second-order valence-electron chi connectivity index (χ2n) is 4.87. The molecule has 1 N–H and O–H groups in total. The van der Waals surface area contributed by atoms with Crippen LogP contribution in [0.25, 0.3) is 0 Å². The van der Waals surface area contributed by atoms with Crippen LogP contribution in [-0.4, -0.2) is 11.5 Å². The Morgan fingerprint density at radius 1 is 1.19 bits per heavy atom. The Balaban J connectivity index is 2.06. The minimum Gasteiger partial charge on any atom is -0.454 e. The zero-order valence-electron chi connectivity index (χ0n) is 12.5. The maximum absolute atomic E-state index is 6.08. The number of rotatable bonds is 7. The van der Waals surface area contributed by atoms with Gasteiger partial charge in [-0.05, 0) is 43.7 Å². The SMILES string of the molecule is CCCNC(CC)c1ccc(Oc2ccccc2Cl)cn1. The maximum atomic E-state index is 6.08. The number of nitrogens with zero attached hydrogens (tertiary/aromatic N) is 1. The van der Waals surface area contributed by atoms with E-state index in [4.69, 9.17) is 16.3 Å². The van der Waals surface area contributed by atoms with Gasteiger partial charge in [0.15, 0.2) is 0 Å². The summed E-state index contributed by atoms with van der Waals surface area (Å²) < 4.78 is 5.74. The van der Waals surface area contributed by atoms with Gasteiger partial charge < -0.3 is 10.1 Å². The van der Waals surface area contributed by atoms with E-state index in [0.717, 1.165) is 25.1 Å². The molecule has 3 nitrogen and oxygen atoms in total. The number of benzene rings is 1. The van der Waals surface area contributed by atoms with Crippen molar-refractivity contribution in [1.82, 2.24) is 10.3 Å². The lowest BCUT2D eigenvalue weighted by molar-refractivity contribution is 0.474. The van der Waals surface area contributed by atoms with Crippen molar-refractivity contribution in [1.29, 1.82) is 0 Å². The van der Waals surface area contributed by atoms with Gasteiger partial charge in [0.2, 0.25) is 0 Å². The molecule has 0 bridgehead atoms. The summed E-state index contributed by atoms with van der Waals surface area (Å²) in [6.45, 7) is 5.31. The van der Waals surface area contributed by atoms with Gasteiger partial charge in [-0.3, -0.25) is 4.98 Å². The first-order valence-electron chi connectivity index (χ1n) is 7.36. The average Bonchev–Trinajstić information content (AvgIpc) is 2.52. The third kappa shape index (κ3) is 4.45. The van der Waals surface area contributed by atoms with Crippen LogP contribution in [0.5, 0.6) is 11.5 Å². The van der Waals surface area contributed by atoms with E-state index in [2.05, 4.69) is 24.1 Å². The normalized spacial score (nSPS) is 12.1. The molecule has 0 radical (unpaired) electrons. The fraction of sp³-hybridized carbons (Fsp3) is 0.353. The summed E-state index contributed by atoms with van der Waals surface area (Å²) in [7, 11) is 0. The van der Waals surface area contributed by atoms with Gasteiger partial charge in [0.25, 0.3) is 0 Å². The van der Waals surface area contributed by atoms with Gasteiger partial charge in [0.05, 0.1) is 16.9 Å². The second kappa shape index (κ2) is 8.01. The molecule has 21 heavy (non-hydrogen) atoms. The Labute approximate surface area is 131 Å². The summed E-state index contributed by atoms with van der Waals surface area (Å²) in [4.78, 5) is 4.50. The van der Waals surface area contributed by atoms with E-state index in [0.29, 0.717) is 22.6 Å². The molecule has 0 aliphatic heterocycles. The quantitative estimate of drug-likeness (QED) is 0.783. The number of hydrogen-bond acceptors (Lipinski definition) is 3. The Hall–Kier alpha value is -1.58. The first-order valence-corrected chi connectivity index (χ1v) is 7.74. The fourth-order valence-electron chi connectivity index (χ4n) is 2.09. The second-order valence-corrected chi connectivity index (χ2v) is 5.27. The molecule has 2 rings (SSSR count). The number of aromatic nitrogens is 1. The van der Waals surface area contributed by atoms with E-state index >= 15 is 0 Å². The van der Waals surface area contributed by atoms with Crippen LogP contribution in [0.2, 0.25) is 5.02 Å². The smallest absolute Gasteiger partial charge is 0.146 e. The Bertz CT molecular complexity index is 557. The standard InChI is InChI=1S/C17H21ClN2O/c1-3-11-19-15(4-2)16-10-9-13(12-20-16)21-17-8-6-5-7-14(17)18/h5-10,12,15,19H,3-4,11H2,1-2H3. The first-order chi connectivity index (χ1) is 10.2. The predicted molar refractivity (Wildman–Crippen MR) is 87.1 cm³/mol. The van der Waals surface area contributed by atoms with E-state index in [1.54, 1.807) is 12.3 Å². The highest BCUT2D eigenvalue weighted by Gasteiger charge is 2.10. The van der Waals surface area contributed by atoms with Crippen LogP contribution in [-0.2, 0) is 0 Å². The summed E-state index contributed by atoms with van der Waals surface area (Å²) in [6, 6.07) is 11.6. The Kier molecular flexibility index (Phi) is 6.03. The predicted octanol–water partition coefficient (Wildman–Crippen LogP) is 4.98.